The van der Waals surface area contributed by atoms with E-state index in [2.05, 4.69) is 24.3 Å². The van der Waals surface area contributed by atoms with Crippen LogP contribution in [0.1, 0.15) is 36.1 Å². The molecular weight excluding hydrogens is 220 g/mol. The molecule has 2 atom stereocenters. The van der Waals surface area contributed by atoms with E-state index in [0.29, 0.717) is 0 Å². The second-order valence-electron chi connectivity index (χ2n) is 4.61. The Morgan fingerprint density at radius 2 is 0.944 bits per heavy atom. The lowest BCUT2D eigenvalue weighted by Crippen LogP contribution is -2.15. The second-order valence-corrected chi connectivity index (χ2v) is 4.61. The summed E-state index contributed by atoms with van der Waals surface area (Å²) in [6.07, 6.45) is 1.81. The van der Waals surface area contributed by atoms with Crippen LogP contribution < -0.4 is 11.5 Å². The van der Waals surface area contributed by atoms with Crippen LogP contribution >= 0.6 is 0 Å². The molecule has 2 nitrogen and oxygen atoms in total. The summed E-state index contributed by atoms with van der Waals surface area (Å²) in [4.78, 5) is 0. The molecule has 0 aliphatic heterocycles. The lowest BCUT2D eigenvalue weighted by atomic mass is 9.97. The Morgan fingerprint density at radius 3 is 1.28 bits per heavy atom. The summed E-state index contributed by atoms with van der Waals surface area (Å²) >= 11 is 0. The summed E-state index contributed by atoms with van der Waals surface area (Å²) in [5.74, 6) is 0. The Hall–Kier alpha value is -1.64. The van der Waals surface area contributed by atoms with Gasteiger partial charge in [0.15, 0.2) is 0 Å². The van der Waals surface area contributed by atoms with Gasteiger partial charge in [-0.15, -0.1) is 0 Å². The zero-order chi connectivity index (χ0) is 12.8. The maximum atomic E-state index is 6.17. The van der Waals surface area contributed by atoms with Crippen molar-refractivity contribution in [1.82, 2.24) is 0 Å². The smallest absolute Gasteiger partial charge is 0.0295 e. The van der Waals surface area contributed by atoms with Gasteiger partial charge in [-0.05, 0) is 24.0 Å². The zero-order valence-corrected chi connectivity index (χ0v) is 10.5. The van der Waals surface area contributed by atoms with Gasteiger partial charge in [-0.25, -0.2) is 0 Å². The Morgan fingerprint density at radius 1 is 0.611 bits per heavy atom. The van der Waals surface area contributed by atoms with Crippen molar-refractivity contribution in [2.75, 3.05) is 0 Å². The normalized spacial score (nSPS) is 14.1. The first-order valence-corrected chi connectivity index (χ1v) is 6.38. The lowest BCUT2D eigenvalue weighted by Gasteiger charge is -2.16. The Kier molecular flexibility index (Phi) is 4.51. The van der Waals surface area contributed by atoms with Gasteiger partial charge in [-0.2, -0.15) is 0 Å². The molecule has 0 saturated carbocycles. The van der Waals surface area contributed by atoms with Crippen LogP contribution in [0.3, 0.4) is 0 Å². The van der Waals surface area contributed by atoms with E-state index in [4.69, 9.17) is 11.5 Å². The highest BCUT2D eigenvalue weighted by molar-refractivity contribution is 5.20. The third-order valence-electron chi connectivity index (χ3n) is 3.24. The molecule has 18 heavy (non-hydrogen) atoms. The molecule has 4 N–H and O–H groups in total. The average molecular weight is 240 g/mol. The summed E-state index contributed by atoms with van der Waals surface area (Å²) in [6, 6.07) is 20.5. The van der Waals surface area contributed by atoms with Crippen LogP contribution in [0.4, 0.5) is 0 Å². The first-order valence-electron chi connectivity index (χ1n) is 6.38. The van der Waals surface area contributed by atoms with Crippen molar-refractivity contribution in [3.63, 3.8) is 0 Å². The minimum atomic E-state index is 0.0703. The van der Waals surface area contributed by atoms with Gasteiger partial charge in [0.25, 0.3) is 0 Å². The SMILES string of the molecule is N[C@@H](CC[C@H](N)c1ccccc1)c1ccccc1. The van der Waals surface area contributed by atoms with Crippen LogP contribution in [0.5, 0.6) is 0 Å². The Balaban J connectivity index is 1.89. The Bertz CT molecular complexity index is 408. The average Bonchev–Trinajstić information content (AvgIpc) is 2.46. The molecule has 0 heterocycles. The summed E-state index contributed by atoms with van der Waals surface area (Å²) in [5, 5.41) is 0. The van der Waals surface area contributed by atoms with Gasteiger partial charge in [0.05, 0.1) is 0 Å². The van der Waals surface area contributed by atoms with E-state index in [-0.39, 0.29) is 12.1 Å². The van der Waals surface area contributed by atoms with Gasteiger partial charge in [-0.3, -0.25) is 0 Å². The highest BCUT2D eigenvalue weighted by Crippen LogP contribution is 2.21. The molecular formula is C16H20N2. The van der Waals surface area contributed by atoms with Crippen LogP contribution in [0, 0.1) is 0 Å². The monoisotopic (exact) mass is 240 g/mol. The zero-order valence-electron chi connectivity index (χ0n) is 10.5. The first kappa shape index (κ1) is 12.8. The van der Waals surface area contributed by atoms with E-state index in [1.54, 1.807) is 0 Å². The summed E-state index contributed by atoms with van der Waals surface area (Å²) in [7, 11) is 0. The van der Waals surface area contributed by atoms with Crippen molar-refractivity contribution >= 4 is 0 Å². The van der Waals surface area contributed by atoms with E-state index in [1.165, 1.54) is 11.1 Å². The standard InChI is InChI=1S/C16H20N2/c17-15(13-7-3-1-4-8-13)11-12-16(18)14-9-5-2-6-10-14/h1-10,15-16H,11-12,17-18H2/t15-,16-/m0/s1. The number of hydrogen-bond donors (Lipinski definition) is 2. The molecule has 0 spiro atoms. The Labute approximate surface area is 109 Å². The first-order chi connectivity index (χ1) is 8.77. The molecule has 2 aromatic carbocycles. The van der Waals surface area contributed by atoms with E-state index in [9.17, 15) is 0 Å². The molecule has 2 rings (SSSR count). The summed E-state index contributed by atoms with van der Waals surface area (Å²) < 4.78 is 0. The largest absolute Gasteiger partial charge is 0.324 e. The molecule has 0 aliphatic carbocycles. The van der Waals surface area contributed by atoms with Gasteiger partial charge in [0.1, 0.15) is 0 Å². The van der Waals surface area contributed by atoms with Crippen molar-refractivity contribution in [2.45, 2.75) is 24.9 Å². The van der Waals surface area contributed by atoms with Crippen molar-refractivity contribution in [1.29, 1.82) is 0 Å². The minimum Gasteiger partial charge on any atom is -0.324 e. The molecule has 0 bridgehead atoms. The van der Waals surface area contributed by atoms with E-state index in [0.717, 1.165) is 12.8 Å². The van der Waals surface area contributed by atoms with Crippen LogP contribution in [0.25, 0.3) is 0 Å². The number of hydrogen-bond acceptors (Lipinski definition) is 2. The third kappa shape index (κ3) is 3.42. The molecule has 0 fully saturated rings. The summed E-state index contributed by atoms with van der Waals surface area (Å²) in [6.45, 7) is 0. The maximum Gasteiger partial charge on any atom is 0.0295 e. The molecule has 0 unspecified atom stereocenters. The number of nitrogens with two attached hydrogens (primary N) is 2. The maximum absolute atomic E-state index is 6.17. The highest BCUT2D eigenvalue weighted by Gasteiger charge is 2.10. The fourth-order valence-corrected chi connectivity index (χ4v) is 2.09. The quantitative estimate of drug-likeness (QED) is 0.843. The third-order valence-corrected chi connectivity index (χ3v) is 3.24. The van der Waals surface area contributed by atoms with Gasteiger partial charge >= 0.3 is 0 Å². The van der Waals surface area contributed by atoms with E-state index < -0.39 is 0 Å². The van der Waals surface area contributed by atoms with Crippen molar-refractivity contribution in [2.24, 2.45) is 11.5 Å². The van der Waals surface area contributed by atoms with Crippen molar-refractivity contribution in [3.8, 4) is 0 Å². The molecule has 2 aromatic rings. The highest BCUT2D eigenvalue weighted by atomic mass is 14.7. The van der Waals surface area contributed by atoms with Crippen LogP contribution in [-0.4, -0.2) is 0 Å². The van der Waals surface area contributed by atoms with Gasteiger partial charge in [0, 0.05) is 12.1 Å². The topological polar surface area (TPSA) is 52.0 Å². The van der Waals surface area contributed by atoms with Crippen molar-refractivity contribution < 1.29 is 0 Å². The number of benzene rings is 2. The van der Waals surface area contributed by atoms with Gasteiger partial charge in [-0.1, -0.05) is 60.7 Å². The summed E-state index contributed by atoms with van der Waals surface area (Å²) in [5.41, 5.74) is 14.7. The molecule has 94 valence electrons. The van der Waals surface area contributed by atoms with Crippen molar-refractivity contribution in [3.05, 3.63) is 71.8 Å². The molecule has 0 radical (unpaired) electrons. The van der Waals surface area contributed by atoms with Gasteiger partial charge < -0.3 is 11.5 Å². The van der Waals surface area contributed by atoms with Crippen LogP contribution in [-0.2, 0) is 0 Å². The van der Waals surface area contributed by atoms with Crippen LogP contribution in [0.2, 0.25) is 0 Å². The van der Waals surface area contributed by atoms with Crippen LogP contribution in [0.15, 0.2) is 60.7 Å². The molecule has 0 aromatic heterocycles. The predicted molar refractivity (Wildman–Crippen MR) is 76.0 cm³/mol. The number of rotatable bonds is 5. The molecule has 0 aliphatic rings. The fourth-order valence-electron chi connectivity index (χ4n) is 2.09. The van der Waals surface area contributed by atoms with E-state index >= 15 is 0 Å². The second kappa shape index (κ2) is 6.34. The molecule has 2 heteroatoms. The predicted octanol–water partition coefficient (Wildman–Crippen LogP) is 3.17. The molecule has 0 saturated heterocycles. The van der Waals surface area contributed by atoms with E-state index in [1.807, 2.05) is 36.4 Å². The van der Waals surface area contributed by atoms with Gasteiger partial charge in [0.2, 0.25) is 0 Å². The molecule has 0 amide bonds. The minimum absolute atomic E-state index is 0.0703. The lowest BCUT2D eigenvalue weighted by molar-refractivity contribution is 0.546. The fraction of sp³-hybridized carbons (Fsp3) is 0.250.